The van der Waals surface area contributed by atoms with Crippen molar-refractivity contribution in [3.8, 4) is 0 Å². The third-order valence-electron chi connectivity index (χ3n) is 8.96. The maximum atomic E-state index is 13.5. The second kappa shape index (κ2) is 2.65. The van der Waals surface area contributed by atoms with Crippen molar-refractivity contribution in [1.82, 2.24) is 0 Å². The van der Waals surface area contributed by atoms with E-state index in [0.717, 1.165) is 0 Å². The Morgan fingerprint density at radius 3 is 2.50 bits per heavy atom. The van der Waals surface area contributed by atoms with Crippen molar-refractivity contribution >= 4 is 5.78 Å². The molecule has 2 saturated heterocycles. The monoisotopic (exact) mass is 300 g/mol. The average Bonchev–Trinajstić information content (AvgIpc) is 3.22. The highest BCUT2D eigenvalue weighted by Crippen LogP contribution is 2.96. The van der Waals surface area contributed by atoms with Crippen LogP contribution in [0.5, 0.6) is 0 Å². The van der Waals surface area contributed by atoms with Gasteiger partial charge in [-0.3, -0.25) is 4.79 Å². The minimum Gasteiger partial charge on any atom is -0.346 e. The van der Waals surface area contributed by atoms with Crippen molar-refractivity contribution < 1.29 is 24.0 Å². The lowest BCUT2D eigenvalue weighted by Crippen LogP contribution is -2.84. The van der Waals surface area contributed by atoms with E-state index < -0.39 is 11.2 Å². The minimum absolute atomic E-state index is 0.149. The van der Waals surface area contributed by atoms with Gasteiger partial charge in [-0.25, -0.2) is 9.78 Å². The van der Waals surface area contributed by atoms with Crippen LogP contribution in [0.4, 0.5) is 0 Å². The molecule has 0 radical (unpaired) electrons. The molecule has 5 saturated carbocycles. The molecule has 0 aromatic rings. The molecule has 5 nitrogen and oxygen atoms in total. The molecule has 0 aromatic carbocycles. The summed E-state index contributed by atoms with van der Waals surface area (Å²) in [7, 11) is 0. The summed E-state index contributed by atoms with van der Waals surface area (Å²) in [5, 5.41) is 0. The fraction of sp³-hybridized carbons (Fsp3) is 0.824. The van der Waals surface area contributed by atoms with Crippen LogP contribution in [0.25, 0.3) is 0 Å². The Labute approximate surface area is 126 Å². The molecular weight excluding hydrogens is 284 g/mol. The van der Waals surface area contributed by atoms with Gasteiger partial charge in [0.05, 0.1) is 24.0 Å². The molecule has 114 valence electrons. The van der Waals surface area contributed by atoms with E-state index in [1.54, 1.807) is 0 Å². The summed E-state index contributed by atoms with van der Waals surface area (Å²) in [5.74, 6) is 2.44. The third kappa shape index (κ3) is 0.590. The maximum absolute atomic E-state index is 13.5. The van der Waals surface area contributed by atoms with Gasteiger partial charge in [-0.1, -0.05) is 12.2 Å². The fourth-order valence-corrected chi connectivity index (χ4v) is 9.32. The van der Waals surface area contributed by atoms with E-state index in [-0.39, 0.29) is 29.5 Å². The van der Waals surface area contributed by atoms with Gasteiger partial charge < -0.3 is 9.47 Å². The highest BCUT2D eigenvalue weighted by Gasteiger charge is 3.04. The molecule has 0 aromatic heterocycles. The molecule has 0 unspecified atom stereocenters. The molecule has 3 spiro atoms. The van der Waals surface area contributed by atoms with Crippen LogP contribution in [0.3, 0.4) is 0 Å². The molecule has 9 rings (SSSR count). The first kappa shape index (κ1) is 10.9. The Hall–Kier alpha value is -0.750. The number of carbonyl (C=O) groups excluding carboxylic acids is 1. The van der Waals surface area contributed by atoms with E-state index in [1.807, 2.05) is 0 Å². The van der Waals surface area contributed by atoms with Crippen molar-refractivity contribution in [1.29, 1.82) is 0 Å². The number of ether oxygens (including phenoxy) is 2. The smallest absolute Gasteiger partial charge is 0.182 e. The molecule has 3 aliphatic heterocycles. The second-order valence-electron chi connectivity index (χ2n) is 8.55. The number of carbonyl (C=O) groups is 1. The molecule has 0 amide bonds. The summed E-state index contributed by atoms with van der Waals surface area (Å²) in [6.07, 6.45) is 4.95. The second-order valence-corrected chi connectivity index (χ2v) is 8.55. The lowest BCUT2D eigenvalue weighted by Gasteiger charge is -2.73. The molecule has 5 heteroatoms. The average molecular weight is 300 g/mol. The topological polar surface area (TPSA) is 54.0 Å². The number of Topliss-reactive ketones (excluding diaryl/α,β-unsaturated/α-hetero) is 1. The zero-order valence-corrected chi connectivity index (χ0v) is 11.9. The predicted molar refractivity (Wildman–Crippen MR) is 69.0 cm³/mol. The highest BCUT2D eigenvalue weighted by molar-refractivity contribution is 5.98. The van der Waals surface area contributed by atoms with Gasteiger partial charge in [0.2, 0.25) is 0 Å². The predicted octanol–water partition coefficient (Wildman–Crippen LogP) is 0.695. The number of rotatable bonds is 0. The summed E-state index contributed by atoms with van der Waals surface area (Å²) in [5.41, 5.74) is -0.732. The van der Waals surface area contributed by atoms with Crippen LogP contribution in [0.15, 0.2) is 12.2 Å². The standard InChI is InChI=1S/C17H16O5/c18-14-10-6-5-7-11(10)17(19-3-4-20-17)16-9-2-1-8(21-22-9)15(14,16)12(6)13(7)16/h1-2,6-13H,3-5H2/t6-,7+,8-,9+,10-,11+,12+,13-,15-,16-/m0/s1. The fourth-order valence-electron chi connectivity index (χ4n) is 9.32. The summed E-state index contributed by atoms with van der Waals surface area (Å²) in [6, 6.07) is 0. The van der Waals surface area contributed by atoms with Crippen molar-refractivity contribution in [2.75, 3.05) is 13.2 Å². The molecule has 7 fully saturated rings. The van der Waals surface area contributed by atoms with Crippen molar-refractivity contribution in [3.05, 3.63) is 12.2 Å². The van der Waals surface area contributed by atoms with E-state index in [0.29, 0.717) is 42.7 Å². The van der Waals surface area contributed by atoms with E-state index >= 15 is 0 Å². The number of hydrogen-bond acceptors (Lipinski definition) is 5. The normalized spacial score (nSPS) is 71.9. The van der Waals surface area contributed by atoms with Gasteiger partial charge in [0.1, 0.15) is 18.0 Å². The van der Waals surface area contributed by atoms with Gasteiger partial charge in [-0.2, -0.15) is 0 Å². The first-order chi connectivity index (χ1) is 10.8. The molecule has 3 heterocycles. The largest absolute Gasteiger partial charge is 0.346 e. The molecular formula is C17H16O5. The number of hydrogen-bond donors (Lipinski definition) is 0. The van der Waals surface area contributed by atoms with Gasteiger partial charge >= 0.3 is 0 Å². The molecule has 10 atom stereocenters. The molecule has 22 heavy (non-hydrogen) atoms. The third-order valence-corrected chi connectivity index (χ3v) is 8.96. The summed E-state index contributed by atoms with van der Waals surface area (Å²) < 4.78 is 12.8. The van der Waals surface area contributed by atoms with Crippen LogP contribution in [0.2, 0.25) is 0 Å². The molecule has 9 aliphatic rings. The van der Waals surface area contributed by atoms with Gasteiger partial charge in [0.15, 0.2) is 5.79 Å². The van der Waals surface area contributed by atoms with Crippen molar-refractivity contribution in [3.63, 3.8) is 0 Å². The Morgan fingerprint density at radius 1 is 0.955 bits per heavy atom. The first-order valence-corrected chi connectivity index (χ1v) is 8.63. The van der Waals surface area contributed by atoms with Crippen LogP contribution >= 0.6 is 0 Å². The Balaban J connectivity index is 1.56. The van der Waals surface area contributed by atoms with E-state index in [9.17, 15) is 4.79 Å². The van der Waals surface area contributed by atoms with E-state index in [4.69, 9.17) is 19.2 Å². The van der Waals surface area contributed by atoms with Gasteiger partial charge in [0, 0.05) is 11.8 Å². The Kier molecular flexibility index (Phi) is 1.31. The summed E-state index contributed by atoms with van der Waals surface area (Å²) in [6.45, 7) is 1.29. The molecule has 4 bridgehead atoms. The van der Waals surface area contributed by atoms with E-state index in [2.05, 4.69) is 12.2 Å². The van der Waals surface area contributed by atoms with E-state index in [1.165, 1.54) is 6.42 Å². The summed E-state index contributed by atoms with van der Waals surface area (Å²) >= 11 is 0. The SMILES string of the molecule is O=C1[C@H]2[C@@H]3C[C@@H]4[C@H]2C2(OCCO2)[C@@]25[C@@H]4[C@@H]3[C@@]12[C@@H]1C=C[C@H]5OO1. The van der Waals surface area contributed by atoms with Crippen LogP contribution in [-0.2, 0) is 24.0 Å². The number of ketones is 1. The van der Waals surface area contributed by atoms with Gasteiger partial charge in [0.25, 0.3) is 0 Å². The van der Waals surface area contributed by atoms with Crippen LogP contribution in [-0.4, -0.2) is 37.0 Å². The van der Waals surface area contributed by atoms with Crippen molar-refractivity contribution in [2.24, 2.45) is 46.3 Å². The number of fused-ring (bicyclic) bond motifs is 3. The van der Waals surface area contributed by atoms with Gasteiger partial charge in [-0.05, 0) is 30.1 Å². The Bertz CT molecular complexity index is 710. The van der Waals surface area contributed by atoms with Crippen LogP contribution in [0, 0.1) is 46.3 Å². The summed E-state index contributed by atoms with van der Waals surface area (Å²) in [4.78, 5) is 24.9. The van der Waals surface area contributed by atoms with Gasteiger partial charge in [-0.15, -0.1) is 0 Å². The molecule has 6 aliphatic carbocycles. The highest BCUT2D eigenvalue weighted by atomic mass is 17.2. The van der Waals surface area contributed by atoms with Crippen molar-refractivity contribution in [2.45, 2.75) is 24.4 Å². The lowest BCUT2D eigenvalue weighted by atomic mass is 9.33. The zero-order chi connectivity index (χ0) is 14.1. The Morgan fingerprint density at radius 2 is 1.73 bits per heavy atom. The zero-order valence-electron chi connectivity index (χ0n) is 11.9. The maximum Gasteiger partial charge on any atom is 0.182 e. The lowest BCUT2D eigenvalue weighted by molar-refractivity contribution is -0.493. The quantitative estimate of drug-likeness (QED) is 0.487. The minimum atomic E-state index is -0.583. The van der Waals surface area contributed by atoms with Crippen LogP contribution < -0.4 is 0 Å². The van der Waals surface area contributed by atoms with Crippen LogP contribution in [0.1, 0.15) is 6.42 Å². The first-order valence-electron chi connectivity index (χ1n) is 8.63. The molecule has 0 N–H and O–H groups in total.